The summed E-state index contributed by atoms with van der Waals surface area (Å²) in [7, 11) is 0. The van der Waals surface area contributed by atoms with E-state index in [1.54, 1.807) is 16.2 Å². The van der Waals surface area contributed by atoms with E-state index >= 15 is 0 Å². The van der Waals surface area contributed by atoms with E-state index in [0.717, 1.165) is 29.1 Å². The van der Waals surface area contributed by atoms with E-state index in [-0.39, 0.29) is 24.7 Å². The van der Waals surface area contributed by atoms with Crippen molar-refractivity contribution in [3.05, 3.63) is 40.7 Å². The van der Waals surface area contributed by atoms with Crippen molar-refractivity contribution in [2.24, 2.45) is 0 Å². The molecule has 0 bridgehead atoms. The molecule has 1 atom stereocenters. The fourth-order valence-corrected chi connectivity index (χ4v) is 3.34. The van der Waals surface area contributed by atoms with Crippen LogP contribution in [0.5, 0.6) is 0 Å². The molecule has 0 aliphatic heterocycles. The first kappa shape index (κ1) is 16.0. The molecule has 2 aromatic rings. The second kappa shape index (κ2) is 7.10. The molecule has 2 N–H and O–H groups in total. The van der Waals surface area contributed by atoms with Gasteiger partial charge >= 0.3 is 6.03 Å². The van der Waals surface area contributed by atoms with Crippen LogP contribution in [-0.2, 0) is 0 Å². The summed E-state index contributed by atoms with van der Waals surface area (Å²) in [5.74, 6) is 0. The molecule has 1 heterocycles. The number of benzene rings is 1. The number of urea groups is 1. The average molecular weight is 331 g/mol. The minimum atomic E-state index is -0.148. The van der Waals surface area contributed by atoms with Gasteiger partial charge in [-0.05, 0) is 19.8 Å². The predicted octanol–water partition coefficient (Wildman–Crippen LogP) is 3.04. The van der Waals surface area contributed by atoms with Crippen LogP contribution in [0.3, 0.4) is 0 Å². The molecule has 6 heteroatoms. The van der Waals surface area contributed by atoms with Crippen LogP contribution in [0.15, 0.2) is 35.7 Å². The average Bonchev–Trinajstić information content (AvgIpc) is 3.28. The molecule has 1 saturated carbocycles. The van der Waals surface area contributed by atoms with Gasteiger partial charge in [-0.25, -0.2) is 9.78 Å². The maximum atomic E-state index is 12.4. The highest BCUT2D eigenvalue weighted by molar-refractivity contribution is 7.10. The molecule has 23 heavy (non-hydrogen) atoms. The molecule has 3 rings (SSSR count). The number of nitrogens with zero attached hydrogens (tertiary/aromatic N) is 2. The Balaban J connectivity index is 1.65. The van der Waals surface area contributed by atoms with Crippen molar-refractivity contribution in [3.8, 4) is 11.3 Å². The van der Waals surface area contributed by atoms with Crippen LogP contribution in [0.25, 0.3) is 11.3 Å². The maximum Gasteiger partial charge on any atom is 0.318 e. The van der Waals surface area contributed by atoms with Gasteiger partial charge in [-0.15, -0.1) is 11.3 Å². The molecule has 122 valence electrons. The SMILES string of the molecule is CC(NC(=O)N(CCO)C1CC1)c1nc(-c2ccccc2)cs1. The zero-order chi connectivity index (χ0) is 16.2. The van der Waals surface area contributed by atoms with Gasteiger partial charge in [0, 0.05) is 23.5 Å². The van der Waals surface area contributed by atoms with Crippen LogP contribution < -0.4 is 5.32 Å². The van der Waals surface area contributed by atoms with Crippen LogP contribution in [-0.4, -0.2) is 40.2 Å². The van der Waals surface area contributed by atoms with Gasteiger partial charge in [-0.2, -0.15) is 0 Å². The molecule has 1 fully saturated rings. The molecule has 0 spiro atoms. The molecule has 1 unspecified atom stereocenters. The largest absolute Gasteiger partial charge is 0.395 e. The number of thiazole rings is 1. The van der Waals surface area contributed by atoms with Gasteiger partial charge in [0.05, 0.1) is 18.3 Å². The van der Waals surface area contributed by atoms with Gasteiger partial charge in [-0.3, -0.25) is 0 Å². The summed E-state index contributed by atoms with van der Waals surface area (Å²) in [5, 5.41) is 15.0. The van der Waals surface area contributed by atoms with E-state index in [2.05, 4.69) is 10.3 Å². The number of nitrogens with one attached hydrogen (secondary N) is 1. The molecule has 1 aliphatic rings. The van der Waals surface area contributed by atoms with Crippen molar-refractivity contribution in [1.29, 1.82) is 0 Å². The van der Waals surface area contributed by atoms with Gasteiger partial charge in [-0.1, -0.05) is 30.3 Å². The third-order valence-corrected chi connectivity index (χ3v) is 4.92. The lowest BCUT2D eigenvalue weighted by atomic mass is 10.2. The first-order valence-electron chi connectivity index (χ1n) is 7.88. The van der Waals surface area contributed by atoms with E-state index in [0.29, 0.717) is 6.54 Å². The Kier molecular flexibility index (Phi) is 4.93. The lowest BCUT2D eigenvalue weighted by Gasteiger charge is -2.23. The third kappa shape index (κ3) is 3.89. The van der Waals surface area contributed by atoms with Gasteiger partial charge in [0.2, 0.25) is 0 Å². The van der Waals surface area contributed by atoms with E-state index in [9.17, 15) is 4.79 Å². The summed E-state index contributed by atoms with van der Waals surface area (Å²) in [6.07, 6.45) is 2.05. The Bertz CT molecular complexity index is 655. The number of aromatic nitrogens is 1. The number of carbonyl (C=O) groups excluding carboxylic acids is 1. The standard InChI is InChI=1S/C17H21N3O2S/c1-12(18-17(22)20(9-10-21)14-7-8-14)16-19-15(11-23-16)13-5-3-2-4-6-13/h2-6,11-12,14,21H,7-10H2,1H3,(H,18,22). The lowest BCUT2D eigenvalue weighted by molar-refractivity contribution is 0.171. The monoisotopic (exact) mass is 331 g/mol. The van der Waals surface area contributed by atoms with Crippen LogP contribution in [0.2, 0.25) is 0 Å². The van der Waals surface area contributed by atoms with Crippen molar-refractivity contribution < 1.29 is 9.90 Å². The minimum absolute atomic E-state index is 0.00624. The Hall–Kier alpha value is -1.92. The molecule has 1 aromatic carbocycles. The van der Waals surface area contributed by atoms with Crippen molar-refractivity contribution in [1.82, 2.24) is 15.2 Å². The number of aliphatic hydroxyl groups excluding tert-OH is 1. The van der Waals surface area contributed by atoms with Gasteiger partial charge in [0.25, 0.3) is 0 Å². The Morgan fingerprint density at radius 2 is 2.17 bits per heavy atom. The van der Waals surface area contributed by atoms with E-state index in [1.165, 1.54) is 0 Å². The molecule has 5 nitrogen and oxygen atoms in total. The number of hydrogen-bond acceptors (Lipinski definition) is 4. The molecule has 2 amide bonds. The highest BCUT2D eigenvalue weighted by Gasteiger charge is 2.32. The Labute approximate surface area is 140 Å². The van der Waals surface area contributed by atoms with Crippen LogP contribution >= 0.6 is 11.3 Å². The minimum Gasteiger partial charge on any atom is -0.395 e. The number of carbonyl (C=O) groups is 1. The normalized spacial score (nSPS) is 15.2. The first-order valence-corrected chi connectivity index (χ1v) is 8.76. The van der Waals surface area contributed by atoms with Crippen LogP contribution in [0, 0.1) is 0 Å². The summed E-state index contributed by atoms with van der Waals surface area (Å²) in [6.45, 7) is 2.32. The first-order chi connectivity index (χ1) is 11.2. The predicted molar refractivity (Wildman–Crippen MR) is 91.3 cm³/mol. The topological polar surface area (TPSA) is 65.5 Å². The van der Waals surface area contributed by atoms with Crippen molar-refractivity contribution in [2.45, 2.75) is 31.8 Å². The number of aliphatic hydroxyl groups is 1. The summed E-state index contributed by atoms with van der Waals surface area (Å²) >= 11 is 1.55. The molecular formula is C17H21N3O2S. The third-order valence-electron chi connectivity index (χ3n) is 3.89. The van der Waals surface area contributed by atoms with Crippen molar-refractivity contribution >= 4 is 17.4 Å². The lowest BCUT2D eigenvalue weighted by Crippen LogP contribution is -2.43. The molecule has 0 saturated heterocycles. The zero-order valence-electron chi connectivity index (χ0n) is 13.1. The molecule has 0 radical (unpaired) electrons. The van der Waals surface area contributed by atoms with Crippen molar-refractivity contribution in [3.63, 3.8) is 0 Å². The smallest absolute Gasteiger partial charge is 0.318 e. The zero-order valence-corrected chi connectivity index (χ0v) is 13.9. The molecule has 1 aromatic heterocycles. The van der Waals surface area contributed by atoms with Gasteiger partial charge in [0.1, 0.15) is 5.01 Å². The maximum absolute atomic E-state index is 12.4. The van der Waals surface area contributed by atoms with E-state index in [1.807, 2.05) is 42.6 Å². The fraction of sp³-hybridized carbons (Fsp3) is 0.412. The molecular weight excluding hydrogens is 310 g/mol. The van der Waals surface area contributed by atoms with Crippen LogP contribution in [0.1, 0.15) is 30.8 Å². The second-order valence-electron chi connectivity index (χ2n) is 5.76. The summed E-state index contributed by atoms with van der Waals surface area (Å²) in [6, 6.07) is 10.0. The quantitative estimate of drug-likeness (QED) is 0.855. The van der Waals surface area contributed by atoms with E-state index in [4.69, 9.17) is 5.11 Å². The Morgan fingerprint density at radius 3 is 2.83 bits per heavy atom. The second-order valence-corrected chi connectivity index (χ2v) is 6.65. The highest BCUT2D eigenvalue weighted by atomic mass is 32.1. The van der Waals surface area contributed by atoms with Crippen LogP contribution in [0.4, 0.5) is 4.79 Å². The van der Waals surface area contributed by atoms with E-state index < -0.39 is 0 Å². The Morgan fingerprint density at radius 1 is 1.43 bits per heavy atom. The number of hydrogen-bond donors (Lipinski definition) is 2. The van der Waals surface area contributed by atoms with Crippen molar-refractivity contribution in [2.75, 3.05) is 13.2 Å². The number of amides is 2. The molecule has 1 aliphatic carbocycles. The highest BCUT2D eigenvalue weighted by Crippen LogP contribution is 2.28. The van der Waals surface area contributed by atoms with Gasteiger partial charge in [0.15, 0.2) is 0 Å². The summed E-state index contributed by atoms with van der Waals surface area (Å²) < 4.78 is 0. The van der Waals surface area contributed by atoms with Gasteiger partial charge < -0.3 is 15.3 Å². The summed E-state index contributed by atoms with van der Waals surface area (Å²) in [5.41, 5.74) is 2.01. The fourth-order valence-electron chi connectivity index (χ4n) is 2.50. The summed E-state index contributed by atoms with van der Waals surface area (Å²) in [4.78, 5) is 18.7. The number of rotatable bonds is 6.